The number of carboxylic acid groups (broad SMARTS) is 1. The van der Waals surface area contributed by atoms with E-state index in [-0.39, 0.29) is 29.1 Å². The normalized spacial score (nSPS) is 24.4. The SMILES string of the molecule is CC(C)(C)CC(CN)C(=O)NCC1CCCCC1C(=O)O. The Morgan fingerprint density at radius 2 is 1.90 bits per heavy atom. The van der Waals surface area contributed by atoms with Gasteiger partial charge in [-0.2, -0.15) is 0 Å². The van der Waals surface area contributed by atoms with Gasteiger partial charge in [-0.15, -0.1) is 0 Å². The lowest BCUT2D eigenvalue weighted by molar-refractivity contribution is -0.145. The van der Waals surface area contributed by atoms with E-state index in [0.717, 1.165) is 32.1 Å². The molecule has 1 saturated carbocycles. The summed E-state index contributed by atoms with van der Waals surface area (Å²) in [6, 6.07) is 0. The Morgan fingerprint density at radius 1 is 1.29 bits per heavy atom. The van der Waals surface area contributed by atoms with Crippen molar-refractivity contribution >= 4 is 11.9 Å². The van der Waals surface area contributed by atoms with Gasteiger partial charge in [0, 0.05) is 13.1 Å². The van der Waals surface area contributed by atoms with Crippen molar-refractivity contribution in [2.75, 3.05) is 13.1 Å². The maximum absolute atomic E-state index is 12.2. The molecule has 0 bridgehead atoms. The molecule has 0 radical (unpaired) electrons. The van der Waals surface area contributed by atoms with Gasteiger partial charge in [0.25, 0.3) is 0 Å². The fourth-order valence-electron chi connectivity index (χ4n) is 3.18. The lowest BCUT2D eigenvalue weighted by Crippen LogP contribution is -2.42. The van der Waals surface area contributed by atoms with Crippen LogP contribution in [0.3, 0.4) is 0 Å². The van der Waals surface area contributed by atoms with Crippen molar-refractivity contribution in [2.45, 2.75) is 52.9 Å². The smallest absolute Gasteiger partial charge is 0.306 e. The number of carbonyl (C=O) groups is 2. The van der Waals surface area contributed by atoms with E-state index in [4.69, 9.17) is 5.73 Å². The summed E-state index contributed by atoms with van der Waals surface area (Å²) in [5.41, 5.74) is 5.76. The van der Waals surface area contributed by atoms with Gasteiger partial charge in [0.15, 0.2) is 0 Å². The van der Waals surface area contributed by atoms with E-state index < -0.39 is 5.97 Å². The topological polar surface area (TPSA) is 92.4 Å². The zero-order chi connectivity index (χ0) is 16.0. The van der Waals surface area contributed by atoms with Crippen LogP contribution in [0.5, 0.6) is 0 Å². The highest BCUT2D eigenvalue weighted by atomic mass is 16.4. The van der Waals surface area contributed by atoms with E-state index in [0.29, 0.717) is 13.1 Å². The summed E-state index contributed by atoms with van der Waals surface area (Å²) >= 11 is 0. The second kappa shape index (κ2) is 7.78. The summed E-state index contributed by atoms with van der Waals surface area (Å²) in [4.78, 5) is 23.5. The number of nitrogens with one attached hydrogen (secondary N) is 1. The Balaban J connectivity index is 2.51. The Labute approximate surface area is 127 Å². The van der Waals surface area contributed by atoms with Gasteiger partial charge in [0.05, 0.1) is 11.8 Å². The van der Waals surface area contributed by atoms with Crippen LogP contribution in [0, 0.1) is 23.2 Å². The molecule has 1 rings (SSSR count). The van der Waals surface area contributed by atoms with E-state index in [1.54, 1.807) is 0 Å². The van der Waals surface area contributed by atoms with Gasteiger partial charge in [-0.3, -0.25) is 9.59 Å². The Kier molecular flexibility index (Phi) is 6.65. The molecular weight excluding hydrogens is 268 g/mol. The summed E-state index contributed by atoms with van der Waals surface area (Å²) in [6.45, 7) is 7.05. The largest absolute Gasteiger partial charge is 0.481 e. The van der Waals surface area contributed by atoms with Crippen LogP contribution in [0.25, 0.3) is 0 Å². The quantitative estimate of drug-likeness (QED) is 0.699. The van der Waals surface area contributed by atoms with Crippen LogP contribution < -0.4 is 11.1 Å². The van der Waals surface area contributed by atoms with Crippen LogP contribution >= 0.6 is 0 Å². The number of carbonyl (C=O) groups excluding carboxylic acids is 1. The minimum absolute atomic E-state index is 0.0397. The monoisotopic (exact) mass is 298 g/mol. The molecule has 0 aliphatic heterocycles. The number of hydrogen-bond acceptors (Lipinski definition) is 3. The number of nitrogens with two attached hydrogens (primary N) is 1. The van der Waals surface area contributed by atoms with Gasteiger partial charge in [-0.25, -0.2) is 0 Å². The number of carboxylic acids is 1. The summed E-state index contributed by atoms with van der Waals surface area (Å²) in [7, 11) is 0. The van der Waals surface area contributed by atoms with E-state index >= 15 is 0 Å². The van der Waals surface area contributed by atoms with Gasteiger partial charge in [0.1, 0.15) is 0 Å². The molecule has 0 aromatic heterocycles. The molecular formula is C16H30N2O3. The summed E-state index contributed by atoms with van der Waals surface area (Å²) < 4.78 is 0. The first-order valence-electron chi connectivity index (χ1n) is 7.95. The fourth-order valence-corrected chi connectivity index (χ4v) is 3.18. The summed E-state index contributed by atoms with van der Waals surface area (Å²) in [6.07, 6.45) is 4.35. The van der Waals surface area contributed by atoms with Gasteiger partial charge in [-0.05, 0) is 30.6 Å². The number of hydrogen-bond donors (Lipinski definition) is 3. The first-order chi connectivity index (χ1) is 9.74. The highest BCUT2D eigenvalue weighted by Gasteiger charge is 2.31. The van der Waals surface area contributed by atoms with Crippen LogP contribution in [0.1, 0.15) is 52.9 Å². The molecule has 5 heteroatoms. The summed E-state index contributed by atoms with van der Waals surface area (Å²) in [5, 5.41) is 12.2. The molecule has 5 nitrogen and oxygen atoms in total. The van der Waals surface area contributed by atoms with Crippen LogP contribution in [0.2, 0.25) is 0 Å². The molecule has 0 saturated heterocycles. The third kappa shape index (κ3) is 6.04. The fraction of sp³-hybridized carbons (Fsp3) is 0.875. The number of amides is 1. The third-order valence-electron chi connectivity index (χ3n) is 4.28. The van der Waals surface area contributed by atoms with Gasteiger partial charge in [0.2, 0.25) is 5.91 Å². The van der Waals surface area contributed by atoms with Crippen molar-refractivity contribution in [2.24, 2.45) is 28.9 Å². The molecule has 4 N–H and O–H groups in total. The molecule has 3 unspecified atom stereocenters. The standard InChI is InChI=1S/C16H30N2O3/c1-16(2,3)8-12(9-17)14(19)18-10-11-6-4-5-7-13(11)15(20)21/h11-13H,4-10,17H2,1-3H3,(H,18,19)(H,20,21). The summed E-state index contributed by atoms with van der Waals surface area (Å²) in [5.74, 6) is -1.25. The minimum atomic E-state index is -0.737. The lowest BCUT2D eigenvalue weighted by Gasteiger charge is -2.30. The number of rotatable bonds is 6. The zero-order valence-electron chi connectivity index (χ0n) is 13.5. The maximum Gasteiger partial charge on any atom is 0.306 e. The molecule has 0 spiro atoms. The average Bonchev–Trinajstić information content (AvgIpc) is 2.41. The Bertz CT molecular complexity index is 363. The Hall–Kier alpha value is -1.10. The predicted octanol–water partition coefficient (Wildman–Crippen LogP) is 2.00. The van der Waals surface area contributed by atoms with Gasteiger partial charge >= 0.3 is 5.97 Å². The van der Waals surface area contributed by atoms with Crippen LogP contribution in [0.15, 0.2) is 0 Å². The van der Waals surface area contributed by atoms with E-state index in [9.17, 15) is 14.7 Å². The van der Waals surface area contributed by atoms with Crippen LogP contribution in [-0.2, 0) is 9.59 Å². The van der Waals surface area contributed by atoms with Crippen molar-refractivity contribution in [3.8, 4) is 0 Å². The highest BCUT2D eigenvalue weighted by Crippen LogP contribution is 2.30. The van der Waals surface area contributed by atoms with Gasteiger partial charge in [-0.1, -0.05) is 33.6 Å². The molecule has 1 amide bonds. The first-order valence-corrected chi connectivity index (χ1v) is 7.95. The molecule has 3 atom stereocenters. The van der Waals surface area contributed by atoms with E-state index in [1.165, 1.54) is 0 Å². The lowest BCUT2D eigenvalue weighted by atomic mass is 9.79. The van der Waals surface area contributed by atoms with Crippen molar-refractivity contribution in [1.82, 2.24) is 5.32 Å². The van der Waals surface area contributed by atoms with Gasteiger partial charge < -0.3 is 16.2 Å². The van der Waals surface area contributed by atoms with Crippen LogP contribution in [0.4, 0.5) is 0 Å². The molecule has 1 aliphatic carbocycles. The van der Waals surface area contributed by atoms with Crippen molar-refractivity contribution in [3.63, 3.8) is 0 Å². The predicted molar refractivity (Wildman–Crippen MR) is 82.7 cm³/mol. The Morgan fingerprint density at radius 3 is 2.43 bits per heavy atom. The van der Waals surface area contributed by atoms with Crippen molar-refractivity contribution in [3.05, 3.63) is 0 Å². The molecule has 0 aromatic rings. The molecule has 21 heavy (non-hydrogen) atoms. The minimum Gasteiger partial charge on any atom is -0.481 e. The molecule has 1 fully saturated rings. The molecule has 0 heterocycles. The third-order valence-corrected chi connectivity index (χ3v) is 4.28. The van der Waals surface area contributed by atoms with E-state index in [1.807, 2.05) is 0 Å². The zero-order valence-corrected chi connectivity index (χ0v) is 13.5. The highest BCUT2D eigenvalue weighted by molar-refractivity contribution is 5.79. The molecule has 1 aliphatic rings. The second-order valence-corrected chi connectivity index (χ2v) is 7.43. The van der Waals surface area contributed by atoms with Crippen LogP contribution in [-0.4, -0.2) is 30.1 Å². The van der Waals surface area contributed by atoms with Crippen molar-refractivity contribution in [1.29, 1.82) is 0 Å². The molecule has 0 aromatic carbocycles. The van der Waals surface area contributed by atoms with E-state index in [2.05, 4.69) is 26.1 Å². The van der Waals surface area contributed by atoms with Crippen molar-refractivity contribution < 1.29 is 14.7 Å². The molecule has 122 valence electrons. The first kappa shape index (κ1) is 18.0. The maximum atomic E-state index is 12.2. The average molecular weight is 298 g/mol. The second-order valence-electron chi connectivity index (χ2n) is 7.43. The number of aliphatic carboxylic acids is 1.